The number of aliphatic hydroxyl groups is 8. The molecule has 0 aromatic heterocycles. The number of hydrogen-bond donors (Lipinski definition) is 9. The van der Waals surface area contributed by atoms with Crippen LogP contribution >= 0.6 is 7.82 Å². The van der Waals surface area contributed by atoms with Crippen molar-refractivity contribution in [3.05, 3.63) is 60.8 Å². The molecule has 70 heavy (non-hydrogen) atoms. The molecule has 0 aromatic rings. The summed E-state index contributed by atoms with van der Waals surface area (Å²) in [6.45, 7) is 2.77. The molecule has 2 heterocycles. The normalized spacial score (nSPS) is 31.1. The molecule has 0 radical (unpaired) electrons. The zero-order chi connectivity index (χ0) is 51.6. The third kappa shape index (κ3) is 28.0. The van der Waals surface area contributed by atoms with Crippen LogP contribution in [0.5, 0.6) is 0 Å². The van der Waals surface area contributed by atoms with Gasteiger partial charge in [-0.2, -0.15) is 0 Å². The van der Waals surface area contributed by atoms with Crippen molar-refractivity contribution >= 4 is 19.8 Å². The summed E-state index contributed by atoms with van der Waals surface area (Å²) in [7, 11) is -5.48. The predicted octanol–water partition coefficient (Wildman–Crippen LogP) is 7.00. The molecule has 404 valence electrons. The Labute approximate surface area is 416 Å². The maximum atomic E-state index is 13.6. The molecule has 2 bridgehead atoms. The van der Waals surface area contributed by atoms with Gasteiger partial charge in [0.05, 0.1) is 24.9 Å². The number of rotatable bonds is 25. The Bertz CT molecular complexity index is 1590. The maximum absolute atomic E-state index is 13.6. The Kier molecular flexibility index (Phi) is 34.5. The van der Waals surface area contributed by atoms with E-state index in [-0.39, 0.29) is 19.3 Å². The SMILES string of the molecule is CCCCCC/C=C\C/C=C\C/C=C\CCCCCCCCC(=O)O[C@@H]1COC(=O)CCCC=CC[C@@H]2[C@@H](O)[C@H](O)[C@@H](O)[C@H](OP(=O)(O)OC1)[C@H](O)[C@H](O)[C@@H](C=C[C@@H](O)CCCCC)OC(O)C[C@@H]2O. The van der Waals surface area contributed by atoms with Gasteiger partial charge in [-0.05, 0) is 70.6 Å². The summed E-state index contributed by atoms with van der Waals surface area (Å²) in [4.78, 5) is 36.6. The van der Waals surface area contributed by atoms with Crippen LogP contribution < -0.4 is 0 Å². The van der Waals surface area contributed by atoms with Crippen LogP contribution in [0.3, 0.4) is 0 Å². The fourth-order valence-electron chi connectivity index (χ4n) is 8.11. The lowest BCUT2D eigenvalue weighted by atomic mass is 9.83. The van der Waals surface area contributed by atoms with E-state index in [2.05, 4.69) is 43.4 Å². The quantitative estimate of drug-likeness (QED) is 0.0193. The van der Waals surface area contributed by atoms with E-state index < -0.39 is 113 Å². The first-order chi connectivity index (χ1) is 33.6. The Balaban J connectivity index is 2.10. The van der Waals surface area contributed by atoms with E-state index in [9.17, 15) is 59.9 Å². The number of hydrogen-bond acceptors (Lipinski definition) is 16. The highest BCUT2D eigenvalue weighted by molar-refractivity contribution is 7.47. The molecule has 0 aromatic carbocycles. The van der Waals surface area contributed by atoms with Gasteiger partial charge < -0.3 is 60.0 Å². The van der Waals surface area contributed by atoms with Gasteiger partial charge in [-0.15, -0.1) is 0 Å². The van der Waals surface area contributed by atoms with E-state index in [0.717, 1.165) is 76.7 Å². The van der Waals surface area contributed by atoms with Crippen molar-refractivity contribution in [3.8, 4) is 0 Å². The fraction of sp³-hybridized carbons (Fsp3) is 0.769. The van der Waals surface area contributed by atoms with Gasteiger partial charge in [-0.3, -0.25) is 18.6 Å². The highest BCUT2D eigenvalue weighted by Gasteiger charge is 2.48. The van der Waals surface area contributed by atoms with Crippen LogP contribution in [0.4, 0.5) is 0 Å². The van der Waals surface area contributed by atoms with E-state index in [1.54, 1.807) is 12.2 Å². The second-order valence-electron chi connectivity index (χ2n) is 18.5. The standard InChI is InChI=1S/C52H89O17P/c1-3-5-7-8-9-10-11-12-13-14-15-16-17-18-19-20-21-22-23-29-33-45(56)67-40-37-65-44(55)32-28-25-24-27-31-41-42(54)36-46(57)68-43(35-34-39(53)30-26-6-4-2)48(59)50(61)52(51(62)49(60)47(41)58)69-70(63,64)66-38-40/h10-11,13-14,16-17,24,27,34-35,39-43,46-54,57-62H,3-9,12,15,18-23,25-26,28-33,36-38H2,1-2H3,(H,63,64)/b11-10-,14-13-,17-16-,27-24?,35-34?/t39-,40+,41-,42-,43+,46?,47+,48+,49-,50+,51+,52+/m0/s1. The number of carbonyl (C=O) groups is 2. The molecular formula is C52H89O17P. The Morgan fingerprint density at radius 1 is 0.757 bits per heavy atom. The minimum absolute atomic E-state index is 0.00543. The Morgan fingerprint density at radius 2 is 1.36 bits per heavy atom. The zero-order valence-corrected chi connectivity index (χ0v) is 42.7. The second-order valence-corrected chi connectivity index (χ2v) is 20.0. The monoisotopic (exact) mass is 1020 g/mol. The first-order valence-corrected chi connectivity index (χ1v) is 27.5. The summed E-state index contributed by atoms with van der Waals surface area (Å²) in [6.07, 6.45) is 14.5. The van der Waals surface area contributed by atoms with Gasteiger partial charge in [-0.1, -0.05) is 139 Å². The van der Waals surface area contributed by atoms with Crippen LogP contribution in [0.25, 0.3) is 0 Å². The van der Waals surface area contributed by atoms with Crippen LogP contribution in [0, 0.1) is 5.92 Å². The molecule has 9 N–H and O–H groups in total. The van der Waals surface area contributed by atoms with Gasteiger partial charge in [0, 0.05) is 25.2 Å². The summed E-state index contributed by atoms with van der Waals surface area (Å²) >= 11 is 0. The van der Waals surface area contributed by atoms with Gasteiger partial charge in [0.2, 0.25) is 0 Å². The number of aliphatic hydroxyl groups excluding tert-OH is 8. The van der Waals surface area contributed by atoms with Crippen LogP contribution in [0.15, 0.2) is 60.8 Å². The van der Waals surface area contributed by atoms with Crippen LogP contribution in [-0.4, -0.2) is 138 Å². The summed E-state index contributed by atoms with van der Waals surface area (Å²) in [5, 5.41) is 89.5. The molecule has 1 saturated heterocycles. The minimum Gasteiger partial charge on any atom is -0.462 e. The third-order valence-corrected chi connectivity index (χ3v) is 13.4. The van der Waals surface area contributed by atoms with E-state index in [1.807, 2.05) is 6.92 Å². The largest absolute Gasteiger partial charge is 0.472 e. The molecule has 2 rings (SSSR count). The zero-order valence-electron chi connectivity index (χ0n) is 41.8. The highest BCUT2D eigenvalue weighted by atomic mass is 31.2. The van der Waals surface area contributed by atoms with E-state index in [4.69, 9.17) is 23.3 Å². The number of carbonyl (C=O) groups excluding carboxylic acids is 2. The molecule has 18 heteroatoms. The molecule has 0 saturated carbocycles. The number of unbranched alkanes of at least 4 members (excludes halogenated alkanes) is 12. The van der Waals surface area contributed by atoms with Crippen molar-refractivity contribution in [1.29, 1.82) is 0 Å². The smallest absolute Gasteiger partial charge is 0.462 e. The molecule has 2 unspecified atom stereocenters. The van der Waals surface area contributed by atoms with Crippen LogP contribution in [0.2, 0.25) is 0 Å². The number of phosphoric acid groups is 1. The summed E-state index contributed by atoms with van der Waals surface area (Å²) in [6, 6.07) is 0. The van der Waals surface area contributed by atoms with Crippen molar-refractivity contribution in [3.63, 3.8) is 0 Å². The molecule has 13 atom stereocenters. The summed E-state index contributed by atoms with van der Waals surface area (Å²) in [5.41, 5.74) is 0. The van der Waals surface area contributed by atoms with Gasteiger partial charge in [0.1, 0.15) is 43.2 Å². The van der Waals surface area contributed by atoms with E-state index in [0.29, 0.717) is 32.1 Å². The van der Waals surface area contributed by atoms with Crippen LogP contribution in [0.1, 0.15) is 168 Å². The fourth-order valence-corrected chi connectivity index (χ4v) is 9.08. The van der Waals surface area contributed by atoms with Gasteiger partial charge in [-0.25, -0.2) is 4.57 Å². The number of esters is 2. The average molecular weight is 1020 g/mol. The van der Waals surface area contributed by atoms with Crippen LogP contribution in [-0.2, 0) is 37.4 Å². The number of cyclic esters (lactones) is 1. The minimum atomic E-state index is -5.48. The Morgan fingerprint density at radius 3 is 2.03 bits per heavy atom. The summed E-state index contributed by atoms with van der Waals surface area (Å²) in [5.74, 6) is -2.65. The van der Waals surface area contributed by atoms with E-state index >= 15 is 0 Å². The van der Waals surface area contributed by atoms with Gasteiger partial charge >= 0.3 is 19.8 Å². The van der Waals surface area contributed by atoms with Gasteiger partial charge in [0.25, 0.3) is 0 Å². The van der Waals surface area contributed by atoms with Crippen molar-refractivity contribution in [2.24, 2.45) is 5.92 Å². The number of fused-ring (bicyclic) bond motifs is 4. The first kappa shape index (κ1) is 63.5. The molecule has 2 aliphatic rings. The second kappa shape index (κ2) is 38.0. The molecule has 2 aliphatic heterocycles. The number of ether oxygens (including phenoxy) is 3. The molecule has 0 aliphatic carbocycles. The lowest BCUT2D eigenvalue weighted by Gasteiger charge is -2.39. The molecule has 0 spiro atoms. The Hall–Kier alpha value is -2.61. The van der Waals surface area contributed by atoms with Crippen molar-refractivity contribution in [2.75, 3.05) is 13.2 Å². The van der Waals surface area contributed by atoms with Crippen molar-refractivity contribution in [2.45, 2.75) is 235 Å². The topological polar surface area (TPSA) is 279 Å². The predicted molar refractivity (Wildman–Crippen MR) is 266 cm³/mol. The molecule has 17 nitrogen and oxygen atoms in total. The van der Waals surface area contributed by atoms with Crippen molar-refractivity contribution < 1.29 is 83.2 Å². The number of phosphoric ester groups is 1. The lowest BCUT2D eigenvalue weighted by molar-refractivity contribution is -0.213. The summed E-state index contributed by atoms with van der Waals surface area (Å²) < 4.78 is 40.4. The number of allylic oxidation sites excluding steroid dienone is 8. The highest BCUT2D eigenvalue weighted by Crippen LogP contribution is 2.47. The molecule has 1 fully saturated rings. The first-order valence-electron chi connectivity index (χ1n) is 26.0. The average Bonchev–Trinajstić information content (AvgIpc) is 3.32. The maximum Gasteiger partial charge on any atom is 0.472 e. The molecule has 0 amide bonds. The molecular weight excluding hydrogens is 928 g/mol. The lowest BCUT2D eigenvalue weighted by Crippen LogP contribution is -2.58. The van der Waals surface area contributed by atoms with Crippen molar-refractivity contribution in [1.82, 2.24) is 0 Å². The van der Waals surface area contributed by atoms with E-state index in [1.165, 1.54) is 31.8 Å². The van der Waals surface area contributed by atoms with Gasteiger partial charge in [0.15, 0.2) is 12.4 Å². The third-order valence-electron chi connectivity index (χ3n) is 12.4.